The predicted octanol–water partition coefficient (Wildman–Crippen LogP) is 4.49. The molecule has 0 spiro atoms. The summed E-state index contributed by atoms with van der Waals surface area (Å²) in [6, 6.07) is 7.37. The minimum Gasteiger partial charge on any atom is -0.465 e. The van der Waals surface area contributed by atoms with Crippen molar-refractivity contribution in [2.45, 2.75) is 19.6 Å². The molecule has 0 bridgehead atoms. The van der Waals surface area contributed by atoms with Gasteiger partial charge in [-0.15, -0.1) is 11.3 Å². The second-order valence-corrected chi connectivity index (χ2v) is 7.01. The summed E-state index contributed by atoms with van der Waals surface area (Å²) in [5.41, 5.74) is 2.72. The molecular formula is C16H19NO2S2. The number of nitrogens with zero attached hydrogens (tertiary/aromatic N) is 1. The Bertz CT molecular complexity index is 591. The molecule has 0 aliphatic rings. The minimum atomic E-state index is -0.313. The van der Waals surface area contributed by atoms with Crippen molar-refractivity contribution in [2.24, 2.45) is 5.92 Å². The summed E-state index contributed by atoms with van der Waals surface area (Å²) >= 11 is 3.56. The number of benzene rings is 1. The first-order valence-electron chi connectivity index (χ1n) is 6.81. The van der Waals surface area contributed by atoms with E-state index < -0.39 is 0 Å². The molecule has 21 heavy (non-hydrogen) atoms. The normalized spacial score (nSPS) is 10.9. The van der Waals surface area contributed by atoms with E-state index in [4.69, 9.17) is 4.74 Å². The van der Waals surface area contributed by atoms with Gasteiger partial charge in [0.2, 0.25) is 0 Å². The Morgan fingerprint density at radius 3 is 2.67 bits per heavy atom. The highest BCUT2D eigenvalue weighted by Crippen LogP contribution is 2.26. The maximum absolute atomic E-state index is 11.4. The van der Waals surface area contributed by atoms with Crippen molar-refractivity contribution >= 4 is 29.1 Å². The maximum Gasteiger partial charge on any atom is 0.337 e. The molecule has 0 amide bonds. The van der Waals surface area contributed by atoms with Crippen molar-refractivity contribution in [1.29, 1.82) is 0 Å². The molecule has 1 heterocycles. The molecule has 3 nitrogen and oxygen atoms in total. The monoisotopic (exact) mass is 321 g/mol. The van der Waals surface area contributed by atoms with Crippen LogP contribution in [0.5, 0.6) is 0 Å². The summed E-state index contributed by atoms with van der Waals surface area (Å²) in [5, 5.41) is 3.10. The summed E-state index contributed by atoms with van der Waals surface area (Å²) in [6.45, 7) is 4.45. The number of esters is 1. The highest BCUT2D eigenvalue weighted by atomic mass is 32.2. The molecule has 0 saturated heterocycles. The third-order valence-electron chi connectivity index (χ3n) is 2.81. The number of methoxy groups -OCH3 is 1. The molecule has 2 aromatic rings. The Hall–Kier alpha value is -1.33. The van der Waals surface area contributed by atoms with E-state index in [9.17, 15) is 4.79 Å². The molecule has 0 N–H and O–H groups in total. The van der Waals surface area contributed by atoms with E-state index >= 15 is 0 Å². The lowest BCUT2D eigenvalue weighted by atomic mass is 10.1. The molecule has 0 atom stereocenters. The molecule has 0 aliphatic heterocycles. The molecule has 1 aromatic carbocycles. The quantitative estimate of drug-likeness (QED) is 0.735. The summed E-state index contributed by atoms with van der Waals surface area (Å²) in [4.78, 5) is 16.1. The average molecular weight is 321 g/mol. The van der Waals surface area contributed by atoms with Crippen LogP contribution in [0.2, 0.25) is 0 Å². The van der Waals surface area contributed by atoms with E-state index in [-0.39, 0.29) is 5.97 Å². The largest absolute Gasteiger partial charge is 0.465 e. The van der Waals surface area contributed by atoms with Gasteiger partial charge in [0.15, 0.2) is 0 Å². The summed E-state index contributed by atoms with van der Waals surface area (Å²) in [7, 11) is 1.39. The first kappa shape index (κ1) is 16.0. The van der Waals surface area contributed by atoms with E-state index in [1.165, 1.54) is 7.11 Å². The summed E-state index contributed by atoms with van der Waals surface area (Å²) in [5.74, 6) is 2.50. The zero-order valence-corrected chi connectivity index (χ0v) is 14.1. The lowest BCUT2D eigenvalue weighted by Crippen LogP contribution is -2.00. The van der Waals surface area contributed by atoms with Crippen molar-refractivity contribution in [3.63, 3.8) is 0 Å². The van der Waals surface area contributed by atoms with Gasteiger partial charge in [0.25, 0.3) is 0 Å². The number of hydrogen-bond acceptors (Lipinski definition) is 5. The van der Waals surface area contributed by atoms with Gasteiger partial charge in [-0.05, 0) is 23.8 Å². The van der Waals surface area contributed by atoms with Crippen LogP contribution in [0, 0.1) is 5.92 Å². The van der Waals surface area contributed by atoms with Gasteiger partial charge in [-0.25, -0.2) is 9.78 Å². The first-order chi connectivity index (χ1) is 10.1. The second-order valence-electron chi connectivity index (χ2n) is 5.12. The number of carbonyl (C=O) groups excluding carboxylic acids is 1. The minimum absolute atomic E-state index is 0.313. The molecule has 5 heteroatoms. The van der Waals surface area contributed by atoms with Crippen LogP contribution in [-0.4, -0.2) is 23.8 Å². The van der Waals surface area contributed by atoms with Gasteiger partial charge < -0.3 is 4.74 Å². The van der Waals surface area contributed by atoms with Gasteiger partial charge in [-0.3, -0.25) is 0 Å². The first-order valence-corrected chi connectivity index (χ1v) is 8.84. The average Bonchev–Trinajstić information content (AvgIpc) is 2.95. The van der Waals surface area contributed by atoms with Crippen LogP contribution >= 0.6 is 23.1 Å². The number of aromatic nitrogens is 1. The van der Waals surface area contributed by atoms with Gasteiger partial charge in [0.05, 0.1) is 18.4 Å². The Morgan fingerprint density at radius 1 is 1.33 bits per heavy atom. The third kappa shape index (κ3) is 4.58. The van der Waals surface area contributed by atoms with Gasteiger partial charge in [-0.1, -0.05) is 26.0 Å². The van der Waals surface area contributed by atoms with Crippen molar-refractivity contribution in [2.75, 3.05) is 12.9 Å². The van der Waals surface area contributed by atoms with Crippen molar-refractivity contribution < 1.29 is 9.53 Å². The van der Waals surface area contributed by atoms with E-state index in [1.54, 1.807) is 23.5 Å². The highest BCUT2D eigenvalue weighted by molar-refractivity contribution is 7.98. The fraction of sp³-hybridized carbons (Fsp3) is 0.375. The van der Waals surface area contributed by atoms with Crippen LogP contribution in [0.15, 0.2) is 29.6 Å². The zero-order valence-electron chi connectivity index (χ0n) is 12.5. The van der Waals surface area contributed by atoms with Crippen molar-refractivity contribution in [3.8, 4) is 10.6 Å². The number of thiazole rings is 1. The lowest BCUT2D eigenvalue weighted by Gasteiger charge is -2.02. The van der Waals surface area contributed by atoms with E-state index in [2.05, 4.69) is 24.2 Å². The number of rotatable bonds is 6. The van der Waals surface area contributed by atoms with E-state index in [1.807, 2.05) is 23.9 Å². The predicted molar refractivity (Wildman–Crippen MR) is 89.9 cm³/mol. The smallest absolute Gasteiger partial charge is 0.337 e. The fourth-order valence-corrected chi connectivity index (χ4v) is 3.65. The molecule has 1 aromatic heterocycles. The Balaban J connectivity index is 2.02. The van der Waals surface area contributed by atoms with Gasteiger partial charge >= 0.3 is 5.97 Å². The third-order valence-corrected chi connectivity index (χ3v) is 5.15. The molecule has 0 saturated carbocycles. The molecular weight excluding hydrogens is 302 g/mol. The Labute approximate surface area is 133 Å². The highest BCUT2D eigenvalue weighted by Gasteiger charge is 2.08. The fourth-order valence-electron chi connectivity index (χ4n) is 1.77. The van der Waals surface area contributed by atoms with Crippen LogP contribution in [0.3, 0.4) is 0 Å². The number of hydrogen-bond donors (Lipinski definition) is 0. The molecule has 0 unspecified atom stereocenters. The Kier molecular flexibility index (Phi) is 5.82. The topological polar surface area (TPSA) is 39.2 Å². The Morgan fingerprint density at radius 2 is 2.05 bits per heavy atom. The molecule has 0 radical (unpaired) electrons. The standard InChI is InChI=1S/C16H19NO2S2/c1-11(2)8-20-9-14-10-21-15(17-14)12-4-6-13(7-5-12)16(18)19-3/h4-7,10-11H,8-9H2,1-3H3. The van der Waals surface area contributed by atoms with Crippen LogP contribution in [-0.2, 0) is 10.5 Å². The second kappa shape index (κ2) is 7.61. The SMILES string of the molecule is COC(=O)c1ccc(-c2nc(CSCC(C)C)cs2)cc1. The van der Waals surface area contributed by atoms with Gasteiger partial charge in [0, 0.05) is 16.7 Å². The number of ether oxygens (including phenoxy) is 1. The summed E-state index contributed by atoms with van der Waals surface area (Å²) < 4.78 is 4.69. The number of thioether (sulfide) groups is 1. The lowest BCUT2D eigenvalue weighted by molar-refractivity contribution is 0.0601. The summed E-state index contributed by atoms with van der Waals surface area (Å²) in [6.07, 6.45) is 0. The van der Waals surface area contributed by atoms with E-state index in [0.29, 0.717) is 11.5 Å². The van der Waals surface area contributed by atoms with Crippen LogP contribution in [0.4, 0.5) is 0 Å². The van der Waals surface area contributed by atoms with Crippen LogP contribution in [0.25, 0.3) is 10.6 Å². The molecule has 2 rings (SSSR count). The maximum atomic E-state index is 11.4. The van der Waals surface area contributed by atoms with E-state index in [0.717, 1.165) is 27.8 Å². The van der Waals surface area contributed by atoms with Crippen molar-refractivity contribution in [1.82, 2.24) is 4.98 Å². The molecule has 0 fully saturated rings. The molecule has 112 valence electrons. The molecule has 0 aliphatic carbocycles. The van der Waals surface area contributed by atoms with Gasteiger partial charge in [0.1, 0.15) is 5.01 Å². The van der Waals surface area contributed by atoms with Gasteiger partial charge in [-0.2, -0.15) is 11.8 Å². The van der Waals surface area contributed by atoms with Crippen LogP contribution in [0.1, 0.15) is 29.9 Å². The number of carbonyl (C=O) groups is 1. The van der Waals surface area contributed by atoms with Crippen LogP contribution < -0.4 is 0 Å². The van der Waals surface area contributed by atoms with Crippen molar-refractivity contribution in [3.05, 3.63) is 40.9 Å². The zero-order chi connectivity index (χ0) is 15.2.